The molecule has 18 heavy (non-hydrogen) atoms. The van der Waals surface area contributed by atoms with Crippen molar-refractivity contribution in [1.29, 1.82) is 0 Å². The number of halogens is 1. The number of carbonyl (C=O) groups is 1. The first-order valence-electron chi connectivity index (χ1n) is 5.70. The maximum Gasteiger partial charge on any atom is 0.185 e. The number of hydrogen-bond donors (Lipinski definition) is 0. The Kier molecular flexibility index (Phi) is 3.68. The van der Waals surface area contributed by atoms with Gasteiger partial charge in [-0.15, -0.1) is 0 Å². The molecule has 0 N–H and O–H groups in total. The predicted octanol–water partition coefficient (Wildman–Crippen LogP) is 4.03. The fraction of sp³-hybridized carbons (Fsp3) is 0.0625. The van der Waals surface area contributed by atoms with E-state index in [1.54, 1.807) is 30.3 Å². The van der Waals surface area contributed by atoms with Crippen LogP contribution < -0.4 is 0 Å². The van der Waals surface area contributed by atoms with E-state index in [1.807, 2.05) is 19.1 Å². The fourth-order valence-corrected chi connectivity index (χ4v) is 1.60. The van der Waals surface area contributed by atoms with Gasteiger partial charge in [0.15, 0.2) is 5.78 Å². The number of aryl methyl sites for hydroxylation is 1. The van der Waals surface area contributed by atoms with Gasteiger partial charge in [0, 0.05) is 5.56 Å². The van der Waals surface area contributed by atoms with Crippen molar-refractivity contribution in [2.75, 3.05) is 0 Å². The van der Waals surface area contributed by atoms with Crippen LogP contribution in [0.1, 0.15) is 21.5 Å². The zero-order valence-corrected chi connectivity index (χ0v) is 10.1. The first-order chi connectivity index (χ1) is 8.65. The molecule has 0 spiro atoms. The Morgan fingerprint density at radius 3 is 2.50 bits per heavy atom. The summed E-state index contributed by atoms with van der Waals surface area (Å²) in [7, 11) is 0. The van der Waals surface area contributed by atoms with Gasteiger partial charge in [-0.3, -0.25) is 4.79 Å². The lowest BCUT2D eigenvalue weighted by Crippen LogP contribution is -1.93. The third-order valence-electron chi connectivity index (χ3n) is 2.61. The van der Waals surface area contributed by atoms with E-state index in [1.165, 1.54) is 18.2 Å². The van der Waals surface area contributed by atoms with E-state index in [2.05, 4.69) is 0 Å². The van der Waals surface area contributed by atoms with Gasteiger partial charge in [-0.1, -0.05) is 48.0 Å². The highest BCUT2D eigenvalue weighted by atomic mass is 19.1. The van der Waals surface area contributed by atoms with Crippen LogP contribution in [0.4, 0.5) is 4.39 Å². The van der Waals surface area contributed by atoms with Crippen molar-refractivity contribution in [3.63, 3.8) is 0 Å². The maximum atomic E-state index is 12.9. The molecular formula is C16H13FO. The molecule has 90 valence electrons. The summed E-state index contributed by atoms with van der Waals surface area (Å²) in [6.07, 6.45) is 3.07. The van der Waals surface area contributed by atoms with Gasteiger partial charge in [0.05, 0.1) is 0 Å². The third kappa shape index (κ3) is 3.14. The summed E-state index contributed by atoms with van der Waals surface area (Å²) >= 11 is 0. The summed E-state index contributed by atoms with van der Waals surface area (Å²) < 4.78 is 12.9. The number of carbonyl (C=O) groups excluding carboxylic acids is 1. The highest BCUT2D eigenvalue weighted by molar-refractivity contribution is 6.06. The van der Waals surface area contributed by atoms with Crippen LogP contribution in [-0.2, 0) is 0 Å². The Morgan fingerprint density at radius 1 is 1.11 bits per heavy atom. The van der Waals surface area contributed by atoms with Crippen LogP contribution in [0.2, 0.25) is 0 Å². The Balaban J connectivity index is 2.14. The van der Waals surface area contributed by atoms with E-state index in [-0.39, 0.29) is 11.6 Å². The Bertz CT molecular complexity index is 582. The van der Waals surface area contributed by atoms with Gasteiger partial charge < -0.3 is 0 Å². The predicted molar refractivity (Wildman–Crippen MR) is 70.9 cm³/mol. The molecule has 2 rings (SSSR count). The highest BCUT2D eigenvalue weighted by Crippen LogP contribution is 2.08. The van der Waals surface area contributed by atoms with Crippen molar-refractivity contribution in [3.8, 4) is 0 Å². The van der Waals surface area contributed by atoms with Crippen molar-refractivity contribution in [1.82, 2.24) is 0 Å². The molecule has 0 atom stereocenters. The summed E-state index contributed by atoms with van der Waals surface area (Å²) in [6, 6.07) is 13.5. The molecule has 0 aromatic heterocycles. The number of benzene rings is 2. The average Bonchev–Trinajstić information content (AvgIpc) is 2.37. The second-order valence-electron chi connectivity index (χ2n) is 4.12. The highest BCUT2D eigenvalue weighted by Gasteiger charge is 2.00. The van der Waals surface area contributed by atoms with Crippen LogP contribution in [0.5, 0.6) is 0 Å². The minimum atomic E-state index is -0.306. The van der Waals surface area contributed by atoms with E-state index in [4.69, 9.17) is 0 Å². The van der Waals surface area contributed by atoms with Crippen LogP contribution in [0.25, 0.3) is 6.08 Å². The van der Waals surface area contributed by atoms with Gasteiger partial charge in [0.2, 0.25) is 0 Å². The minimum absolute atomic E-state index is 0.0840. The second kappa shape index (κ2) is 5.41. The van der Waals surface area contributed by atoms with Gasteiger partial charge in [-0.25, -0.2) is 4.39 Å². The summed E-state index contributed by atoms with van der Waals surface area (Å²) in [5.74, 6) is -0.390. The van der Waals surface area contributed by atoms with Crippen molar-refractivity contribution in [2.45, 2.75) is 6.92 Å². The normalized spacial score (nSPS) is 10.8. The molecule has 1 nitrogen and oxygen atoms in total. The summed E-state index contributed by atoms with van der Waals surface area (Å²) in [4.78, 5) is 11.8. The molecule has 0 saturated carbocycles. The lowest BCUT2D eigenvalue weighted by Gasteiger charge is -1.97. The Morgan fingerprint density at radius 2 is 1.83 bits per heavy atom. The van der Waals surface area contributed by atoms with E-state index in [0.717, 1.165) is 5.56 Å². The number of ketones is 1. The summed E-state index contributed by atoms with van der Waals surface area (Å²) in [5.41, 5.74) is 2.42. The van der Waals surface area contributed by atoms with E-state index in [0.29, 0.717) is 11.1 Å². The second-order valence-corrected chi connectivity index (χ2v) is 4.12. The molecule has 0 heterocycles. The van der Waals surface area contributed by atoms with E-state index < -0.39 is 0 Å². The van der Waals surface area contributed by atoms with Gasteiger partial charge in [0.1, 0.15) is 5.82 Å². The maximum absolute atomic E-state index is 12.9. The number of allylic oxidation sites excluding steroid dienone is 1. The van der Waals surface area contributed by atoms with Crippen LogP contribution >= 0.6 is 0 Å². The SMILES string of the molecule is Cc1ccc(C(=O)/C=C/c2cccc(F)c2)cc1. The molecule has 0 radical (unpaired) electrons. The van der Waals surface area contributed by atoms with Crippen molar-refractivity contribution < 1.29 is 9.18 Å². The Hall–Kier alpha value is -2.22. The molecule has 0 aliphatic rings. The molecule has 2 heteroatoms. The van der Waals surface area contributed by atoms with Crippen LogP contribution in [0.3, 0.4) is 0 Å². The first-order valence-corrected chi connectivity index (χ1v) is 5.70. The van der Waals surface area contributed by atoms with Gasteiger partial charge >= 0.3 is 0 Å². The largest absolute Gasteiger partial charge is 0.289 e. The molecule has 0 amide bonds. The van der Waals surface area contributed by atoms with Crippen molar-refractivity contribution in [2.24, 2.45) is 0 Å². The monoisotopic (exact) mass is 240 g/mol. The molecule has 0 saturated heterocycles. The third-order valence-corrected chi connectivity index (χ3v) is 2.61. The molecule has 0 aliphatic carbocycles. The molecule has 0 bridgehead atoms. The molecule has 0 aliphatic heterocycles. The number of hydrogen-bond acceptors (Lipinski definition) is 1. The molecule has 0 unspecified atom stereocenters. The Labute approximate surface area is 106 Å². The zero-order chi connectivity index (χ0) is 13.0. The van der Waals surface area contributed by atoms with Gasteiger partial charge in [-0.2, -0.15) is 0 Å². The van der Waals surface area contributed by atoms with Crippen molar-refractivity contribution >= 4 is 11.9 Å². The zero-order valence-electron chi connectivity index (χ0n) is 10.1. The fourth-order valence-electron chi connectivity index (χ4n) is 1.60. The number of rotatable bonds is 3. The minimum Gasteiger partial charge on any atom is -0.289 e. The quantitative estimate of drug-likeness (QED) is 0.584. The standard InChI is InChI=1S/C16H13FO/c1-12-5-8-14(9-6-12)16(18)10-7-13-3-2-4-15(17)11-13/h2-11H,1H3/b10-7+. The summed E-state index contributed by atoms with van der Waals surface area (Å²) in [5, 5.41) is 0. The molecular weight excluding hydrogens is 227 g/mol. The van der Waals surface area contributed by atoms with Crippen LogP contribution in [-0.4, -0.2) is 5.78 Å². The lowest BCUT2D eigenvalue weighted by molar-refractivity contribution is 0.104. The van der Waals surface area contributed by atoms with E-state index >= 15 is 0 Å². The molecule has 0 fully saturated rings. The molecule has 2 aromatic carbocycles. The average molecular weight is 240 g/mol. The van der Waals surface area contributed by atoms with E-state index in [9.17, 15) is 9.18 Å². The van der Waals surface area contributed by atoms with Crippen molar-refractivity contribution in [3.05, 3.63) is 77.1 Å². The lowest BCUT2D eigenvalue weighted by atomic mass is 10.1. The molecule has 2 aromatic rings. The first kappa shape index (κ1) is 12.2. The van der Waals surface area contributed by atoms with Crippen LogP contribution in [0, 0.1) is 12.7 Å². The topological polar surface area (TPSA) is 17.1 Å². The van der Waals surface area contributed by atoms with Gasteiger partial charge in [-0.05, 0) is 30.7 Å². The summed E-state index contributed by atoms with van der Waals surface area (Å²) in [6.45, 7) is 1.97. The van der Waals surface area contributed by atoms with Crippen LogP contribution in [0.15, 0.2) is 54.6 Å². The smallest absolute Gasteiger partial charge is 0.185 e. The van der Waals surface area contributed by atoms with Gasteiger partial charge in [0.25, 0.3) is 0 Å².